The van der Waals surface area contributed by atoms with E-state index in [2.05, 4.69) is 34.1 Å². The smallest absolute Gasteiger partial charge is 0.293 e. The average Bonchev–Trinajstić information content (AvgIpc) is 3.15. The van der Waals surface area contributed by atoms with Crippen molar-refractivity contribution in [3.8, 4) is 11.5 Å². The van der Waals surface area contributed by atoms with E-state index >= 15 is 0 Å². The number of hydrogen-bond acceptors (Lipinski definition) is 5. The topological polar surface area (TPSA) is 55.8 Å². The van der Waals surface area contributed by atoms with Gasteiger partial charge in [-0.25, -0.2) is 0 Å². The molecular weight excluding hydrogens is 550 g/mol. The maximum absolute atomic E-state index is 13.0. The molecule has 0 N–H and O–H groups in total. The molecule has 1 fully saturated rings. The second-order valence-corrected chi connectivity index (χ2v) is 10.6. The molecule has 0 atom stereocenters. The number of carbonyl (C=O) groups is 2. The Kier molecular flexibility index (Phi) is 7.35. The quantitative estimate of drug-likeness (QED) is 0.212. The van der Waals surface area contributed by atoms with E-state index in [0.717, 1.165) is 44.8 Å². The third-order valence-corrected chi connectivity index (χ3v) is 7.59. The van der Waals surface area contributed by atoms with Crippen molar-refractivity contribution in [1.82, 2.24) is 4.90 Å². The zero-order valence-corrected chi connectivity index (χ0v) is 22.8. The predicted octanol–water partition coefficient (Wildman–Crippen LogP) is 7.73. The zero-order valence-electron chi connectivity index (χ0n) is 20.4. The first-order chi connectivity index (χ1) is 17.9. The highest BCUT2D eigenvalue weighted by Gasteiger charge is 2.35. The molecule has 1 aliphatic heterocycles. The SMILES string of the molecule is COc1cc(/C=C2/SC(=O)N(Cc3cccc(C)c3)C2=O)cc(Br)c1OCc1cccc2ccccc12. The number of aryl methyl sites for hydroxylation is 1. The first-order valence-electron chi connectivity index (χ1n) is 11.7. The van der Waals surface area contributed by atoms with Crippen molar-refractivity contribution >= 4 is 55.7 Å². The molecule has 0 spiro atoms. The fourth-order valence-electron chi connectivity index (χ4n) is 4.31. The molecule has 0 saturated carbocycles. The van der Waals surface area contributed by atoms with Gasteiger partial charge in [-0.1, -0.05) is 72.3 Å². The zero-order chi connectivity index (χ0) is 25.9. The summed E-state index contributed by atoms with van der Waals surface area (Å²) in [5.41, 5.74) is 3.79. The minimum Gasteiger partial charge on any atom is -0.493 e. The minimum absolute atomic E-state index is 0.248. The van der Waals surface area contributed by atoms with Crippen LogP contribution in [-0.2, 0) is 17.9 Å². The summed E-state index contributed by atoms with van der Waals surface area (Å²) in [6.45, 7) is 2.60. The summed E-state index contributed by atoms with van der Waals surface area (Å²) in [7, 11) is 1.58. The summed E-state index contributed by atoms with van der Waals surface area (Å²) in [5.74, 6) is 0.794. The van der Waals surface area contributed by atoms with E-state index in [1.165, 1.54) is 4.90 Å². The van der Waals surface area contributed by atoms with Crippen LogP contribution in [0, 0.1) is 6.92 Å². The minimum atomic E-state index is -0.303. The Morgan fingerprint density at radius 2 is 1.76 bits per heavy atom. The normalized spacial score (nSPS) is 14.6. The van der Waals surface area contributed by atoms with E-state index in [4.69, 9.17) is 9.47 Å². The number of carbonyl (C=O) groups excluding carboxylic acids is 2. The van der Waals surface area contributed by atoms with E-state index in [1.54, 1.807) is 19.3 Å². The number of amides is 2. The van der Waals surface area contributed by atoms with Crippen LogP contribution in [0.25, 0.3) is 16.8 Å². The van der Waals surface area contributed by atoms with Gasteiger partial charge in [-0.05, 0) is 80.3 Å². The Balaban J connectivity index is 1.36. The number of benzene rings is 4. The van der Waals surface area contributed by atoms with E-state index in [-0.39, 0.29) is 17.7 Å². The van der Waals surface area contributed by atoms with Crippen LogP contribution >= 0.6 is 27.7 Å². The van der Waals surface area contributed by atoms with Gasteiger partial charge in [0.2, 0.25) is 0 Å². The highest BCUT2D eigenvalue weighted by atomic mass is 79.9. The standard InChI is InChI=1S/C30H24BrNO4S/c1-19-7-5-8-20(13-19)17-32-29(33)27(37-30(32)34)16-21-14-25(31)28(26(15-21)35-2)36-18-23-11-6-10-22-9-3-4-12-24(22)23/h3-16H,17-18H2,1-2H3/b27-16+. The Morgan fingerprint density at radius 1 is 0.973 bits per heavy atom. The Hall–Kier alpha value is -3.55. The van der Waals surface area contributed by atoms with Gasteiger partial charge >= 0.3 is 0 Å². The van der Waals surface area contributed by atoms with Crippen molar-refractivity contribution < 1.29 is 19.1 Å². The fourth-order valence-corrected chi connectivity index (χ4v) is 5.72. The van der Waals surface area contributed by atoms with E-state index in [0.29, 0.717) is 27.5 Å². The van der Waals surface area contributed by atoms with Gasteiger partial charge in [0.1, 0.15) is 6.61 Å². The lowest BCUT2D eigenvalue weighted by molar-refractivity contribution is -0.123. The van der Waals surface area contributed by atoms with Crippen LogP contribution in [0.4, 0.5) is 4.79 Å². The van der Waals surface area contributed by atoms with Gasteiger partial charge in [0.05, 0.1) is 23.0 Å². The van der Waals surface area contributed by atoms with E-state index in [1.807, 2.05) is 61.5 Å². The van der Waals surface area contributed by atoms with Crippen molar-refractivity contribution in [2.75, 3.05) is 7.11 Å². The second-order valence-electron chi connectivity index (χ2n) is 8.72. The van der Waals surface area contributed by atoms with Crippen molar-refractivity contribution in [2.24, 2.45) is 0 Å². The lowest BCUT2D eigenvalue weighted by Gasteiger charge is -2.15. The lowest BCUT2D eigenvalue weighted by atomic mass is 10.1. The largest absolute Gasteiger partial charge is 0.493 e. The lowest BCUT2D eigenvalue weighted by Crippen LogP contribution is -2.27. The van der Waals surface area contributed by atoms with Gasteiger partial charge in [-0.2, -0.15) is 0 Å². The summed E-state index contributed by atoms with van der Waals surface area (Å²) in [6.07, 6.45) is 1.71. The van der Waals surface area contributed by atoms with Crippen molar-refractivity contribution in [3.05, 3.63) is 110 Å². The molecule has 186 valence electrons. The number of fused-ring (bicyclic) bond motifs is 1. The van der Waals surface area contributed by atoms with Crippen LogP contribution in [0.1, 0.15) is 22.3 Å². The summed E-state index contributed by atoms with van der Waals surface area (Å²) in [6, 6.07) is 25.8. The number of thioether (sulfide) groups is 1. The Labute approximate surface area is 228 Å². The fraction of sp³-hybridized carbons (Fsp3) is 0.133. The molecule has 0 aliphatic carbocycles. The molecule has 0 aromatic heterocycles. The summed E-state index contributed by atoms with van der Waals surface area (Å²) in [5, 5.41) is 2.01. The molecule has 0 bridgehead atoms. The van der Waals surface area contributed by atoms with Crippen LogP contribution < -0.4 is 9.47 Å². The molecule has 5 nitrogen and oxygen atoms in total. The van der Waals surface area contributed by atoms with Gasteiger partial charge in [0, 0.05) is 0 Å². The van der Waals surface area contributed by atoms with E-state index < -0.39 is 0 Å². The number of hydrogen-bond donors (Lipinski definition) is 0. The van der Waals surface area contributed by atoms with Crippen LogP contribution in [0.3, 0.4) is 0 Å². The van der Waals surface area contributed by atoms with Crippen LogP contribution in [0.15, 0.2) is 88.2 Å². The molecule has 0 radical (unpaired) electrons. The van der Waals surface area contributed by atoms with Crippen LogP contribution in [-0.4, -0.2) is 23.2 Å². The Bertz CT molecular complexity index is 1540. The molecule has 1 heterocycles. The third-order valence-electron chi connectivity index (χ3n) is 6.10. The van der Waals surface area contributed by atoms with Gasteiger partial charge < -0.3 is 9.47 Å². The maximum Gasteiger partial charge on any atom is 0.293 e. The third kappa shape index (κ3) is 5.43. The van der Waals surface area contributed by atoms with Gasteiger partial charge in [-0.15, -0.1) is 0 Å². The highest BCUT2D eigenvalue weighted by Crippen LogP contribution is 2.40. The summed E-state index contributed by atoms with van der Waals surface area (Å²) < 4.78 is 12.5. The summed E-state index contributed by atoms with van der Waals surface area (Å²) >= 11 is 4.54. The number of methoxy groups -OCH3 is 1. The van der Waals surface area contributed by atoms with Gasteiger partial charge in [-0.3, -0.25) is 14.5 Å². The molecule has 4 aromatic carbocycles. The number of rotatable bonds is 7. The second kappa shape index (κ2) is 10.8. The molecule has 1 aliphatic rings. The molecule has 2 amide bonds. The molecule has 1 saturated heterocycles. The first-order valence-corrected chi connectivity index (χ1v) is 13.3. The van der Waals surface area contributed by atoms with E-state index in [9.17, 15) is 9.59 Å². The predicted molar refractivity (Wildman–Crippen MR) is 152 cm³/mol. The molecule has 0 unspecified atom stereocenters. The van der Waals surface area contributed by atoms with Crippen molar-refractivity contribution in [1.29, 1.82) is 0 Å². The van der Waals surface area contributed by atoms with Gasteiger partial charge in [0.15, 0.2) is 11.5 Å². The van der Waals surface area contributed by atoms with Gasteiger partial charge in [0.25, 0.3) is 11.1 Å². The number of nitrogens with zero attached hydrogens (tertiary/aromatic N) is 1. The molecule has 5 rings (SSSR count). The van der Waals surface area contributed by atoms with Crippen LogP contribution in [0.5, 0.6) is 11.5 Å². The first kappa shape index (κ1) is 25.1. The van der Waals surface area contributed by atoms with Crippen molar-refractivity contribution in [3.63, 3.8) is 0 Å². The molecular formula is C30H24BrNO4S. The van der Waals surface area contributed by atoms with Crippen LogP contribution in [0.2, 0.25) is 0 Å². The molecule has 4 aromatic rings. The Morgan fingerprint density at radius 3 is 2.57 bits per heavy atom. The number of halogens is 1. The summed E-state index contributed by atoms with van der Waals surface area (Å²) in [4.78, 5) is 27.3. The monoisotopic (exact) mass is 573 g/mol. The molecule has 7 heteroatoms. The maximum atomic E-state index is 13.0. The highest BCUT2D eigenvalue weighted by molar-refractivity contribution is 9.10. The average molecular weight is 574 g/mol. The number of ether oxygens (including phenoxy) is 2. The number of imide groups is 1. The van der Waals surface area contributed by atoms with Crippen molar-refractivity contribution in [2.45, 2.75) is 20.1 Å². The molecule has 37 heavy (non-hydrogen) atoms.